The number of hydrogen-bond acceptors (Lipinski definition) is 34. The van der Waals surface area contributed by atoms with Gasteiger partial charge in [-0.2, -0.15) is 0 Å². The van der Waals surface area contributed by atoms with Crippen molar-refractivity contribution >= 4 is 0 Å². The Labute approximate surface area is 701 Å². The molecule has 0 aliphatic rings. The Bertz CT molecular complexity index is 1820. The SMILES string of the molecule is CN(C)CCN(CCN(C)C)CCN(CCN(C)C)CCN(CCN(CCN(C)C)CCN(C)CCOCCOCCOCCOCCOCCOCCOCCOCCOCCOCCOCCOCCOCCOCCOCCOCCOCCOCCOCCO)CCN(CCN(C)C)CCN(CCN(C)C)CCN(C)C. The van der Waals surface area contributed by atoms with Crippen LogP contribution in [0.25, 0.3) is 0 Å². The first-order chi connectivity index (χ1) is 55.9. The minimum atomic E-state index is 0.0180. The molecule has 34 heteroatoms. The van der Waals surface area contributed by atoms with Gasteiger partial charge in [0.2, 0.25) is 0 Å². The van der Waals surface area contributed by atoms with Gasteiger partial charge in [-0.15, -0.1) is 0 Å². The maximum Gasteiger partial charge on any atom is 0.0701 e. The fourth-order valence-corrected chi connectivity index (χ4v) is 10.6. The normalized spacial score (nSPS) is 12.6. The van der Waals surface area contributed by atoms with Crippen LogP contribution < -0.4 is 0 Å². The fraction of sp³-hybridized carbons (Fsp3) is 1.00. The van der Waals surface area contributed by atoms with Crippen molar-refractivity contribution in [3.8, 4) is 0 Å². The first kappa shape index (κ1) is 114. The van der Waals surface area contributed by atoms with Crippen molar-refractivity contribution in [2.75, 3.05) is 540 Å². The van der Waals surface area contributed by atoms with Crippen LogP contribution in [-0.4, -0.2) is 614 Å². The molecule has 0 heterocycles. The molecule has 0 atom stereocenters. The molecule has 0 unspecified atom stereocenters. The number of likely N-dealkylation sites (N-methyl/N-ethyl adjacent to an activating group) is 8. The van der Waals surface area contributed by atoms with Crippen LogP contribution in [0.15, 0.2) is 0 Å². The van der Waals surface area contributed by atoms with Gasteiger partial charge >= 0.3 is 0 Å². The molecule has 0 saturated carbocycles. The molecule has 115 heavy (non-hydrogen) atoms. The summed E-state index contributed by atoms with van der Waals surface area (Å²) in [5.74, 6) is 0. The van der Waals surface area contributed by atoms with E-state index in [2.05, 4.69) is 174 Å². The lowest BCUT2D eigenvalue weighted by Gasteiger charge is -2.34. The lowest BCUT2D eigenvalue weighted by atomic mass is 10.3. The van der Waals surface area contributed by atoms with E-state index < -0.39 is 0 Å². The number of aliphatic hydroxyl groups is 1. The summed E-state index contributed by atoms with van der Waals surface area (Å²) in [6.07, 6.45) is 0. The zero-order valence-corrected chi connectivity index (χ0v) is 76.1. The van der Waals surface area contributed by atoms with Crippen molar-refractivity contribution < 1.29 is 95.1 Å². The van der Waals surface area contributed by atoms with Crippen molar-refractivity contribution in [1.82, 2.24) is 68.6 Å². The van der Waals surface area contributed by atoms with E-state index in [4.69, 9.17) is 95.1 Å². The fourth-order valence-electron chi connectivity index (χ4n) is 10.6. The predicted octanol–water partition coefficient (Wildman–Crippen LogP) is -1.03. The van der Waals surface area contributed by atoms with Crippen LogP contribution in [0.1, 0.15) is 0 Å². The van der Waals surface area contributed by atoms with Gasteiger partial charge in [-0.25, -0.2) is 0 Å². The highest BCUT2D eigenvalue weighted by molar-refractivity contribution is 4.75. The number of ether oxygens (including phenoxy) is 19. The number of hydrogen-bond donors (Lipinski definition) is 1. The van der Waals surface area contributed by atoms with Gasteiger partial charge in [-0.05, 0) is 106 Å². The van der Waals surface area contributed by atoms with Gasteiger partial charge < -0.3 is 134 Å². The molecule has 0 spiro atoms. The van der Waals surface area contributed by atoms with Crippen LogP contribution in [0.5, 0.6) is 0 Å². The lowest BCUT2D eigenvalue weighted by Crippen LogP contribution is -2.48. The molecule has 34 nitrogen and oxygen atoms in total. The summed E-state index contributed by atoms with van der Waals surface area (Å²) in [5, 5.41) is 8.64. The average Bonchev–Trinajstić information content (AvgIpc) is 0.917. The Morgan fingerprint density at radius 2 is 0.226 bits per heavy atom. The molecule has 0 saturated heterocycles. The number of nitrogens with zero attached hydrogens (tertiary/aromatic N) is 14. The van der Waals surface area contributed by atoms with Gasteiger partial charge in [0.25, 0.3) is 0 Å². The standard InChI is InChI=1S/C81H178N14O20/c1-82(2)16-24-90(25-17-83(3)4)32-35-93(29-21-87(11)12)37-40-95(41-38-94(30-22-88(13)14)36-33-91(26-18-84(5)6)27-19-85(7)8)39-34-92(28-20-86(9)10)31-23-89(15)42-44-97-46-48-99-50-52-101-54-56-103-58-60-105-62-64-107-66-68-109-70-72-111-74-76-113-78-80-115-81-79-114-77-75-112-73-71-110-69-67-108-65-63-106-61-59-104-57-55-102-53-51-100-49-47-98-45-43-96/h96H,16-81H2,1-15H3. The third kappa shape index (κ3) is 90.2. The molecular formula is C81H178N14O20. The van der Waals surface area contributed by atoms with E-state index in [0.29, 0.717) is 251 Å². The highest BCUT2D eigenvalue weighted by atomic mass is 16.6. The largest absolute Gasteiger partial charge is 0.394 e. The third-order valence-corrected chi connectivity index (χ3v) is 18.1. The predicted molar refractivity (Wildman–Crippen MR) is 459 cm³/mol. The molecule has 692 valence electrons. The molecule has 0 aliphatic carbocycles. The van der Waals surface area contributed by atoms with Gasteiger partial charge in [0.1, 0.15) is 0 Å². The van der Waals surface area contributed by atoms with Crippen LogP contribution in [0.2, 0.25) is 0 Å². The summed E-state index contributed by atoms with van der Waals surface area (Å²) in [6.45, 7) is 47.2. The van der Waals surface area contributed by atoms with E-state index in [1.54, 1.807) is 0 Å². The summed E-state index contributed by atoms with van der Waals surface area (Å²) in [7, 11) is 32.9. The Balaban J connectivity index is 4.26. The molecule has 0 fully saturated rings. The Morgan fingerprint density at radius 1 is 0.122 bits per heavy atom. The molecule has 1 N–H and O–H groups in total. The van der Waals surface area contributed by atoms with E-state index in [1.165, 1.54) is 0 Å². The quantitative estimate of drug-likeness (QED) is 0.0716. The zero-order chi connectivity index (χ0) is 84.2. The number of rotatable bonds is 98. The average molecular weight is 1670 g/mol. The summed E-state index contributed by atoms with van der Waals surface area (Å²) in [5.41, 5.74) is 0. The topological polar surface area (TPSA) is 241 Å². The minimum absolute atomic E-state index is 0.0180. The Morgan fingerprint density at radius 3 is 0.348 bits per heavy atom. The summed E-state index contributed by atoms with van der Waals surface area (Å²) < 4.78 is 106. The Kier molecular flexibility index (Phi) is 87.9. The molecule has 0 aromatic carbocycles. The van der Waals surface area contributed by atoms with Crippen molar-refractivity contribution in [2.24, 2.45) is 0 Å². The van der Waals surface area contributed by atoms with Gasteiger partial charge in [0, 0.05) is 177 Å². The smallest absolute Gasteiger partial charge is 0.0701 e. The zero-order valence-electron chi connectivity index (χ0n) is 76.1. The maximum atomic E-state index is 8.64. The minimum Gasteiger partial charge on any atom is -0.394 e. The number of aliphatic hydroxyl groups excluding tert-OH is 1. The van der Waals surface area contributed by atoms with E-state index in [0.717, 1.165) is 177 Å². The van der Waals surface area contributed by atoms with Crippen molar-refractivity contribution in [1.29, 1.82) is 0 Å². The summed E-state index contributed by atoms with van der Waals surface area (Å²) in [4.78, 5) is 34.9. The van der Waals surface area contributed by atoms with Crippen molar-refractivity contribution in [3.63, 3.8) is 0 Å². The second kappa shape index (κ2) is 88.9. The van der Waals surface area contributed by atoms with E-state index >= 15 is 0 Å². The van der Waals surface area contributed by atoms with Gasteiger partial charge in [0.15, 0.2) is 0 Å². The first-order valence-electron chi connectivity index (χ1n) is 43.0. The molecule has 0 bridgehead atoms. The van der Waals surface area contributed by atoms with Crippen LogP contribution in [0.4, 0.5) is 0 Å². The van der Waals surface area contributed by atoms with Crippen molar-refractivity contribution in [3.05, 3.63) is 0 Å². The highest BCUT2D eigenvalue weighted by Gasteiger charge is 2.19. The van der Waals surface area contributed by atoms with Crippen LogP contribution >= 0.6 is 0 Å². The maximum absolute atomic E-state index is 8.64. The van der Waals surface area contributed by atoms with Crippen LogP contribution in [0.3, 0.4) is 0 Å². The van der Waals surface area contributed by atoms with E-state index in [1.807, 2.05) is 0 Å². The van der Waals surface area contributed by atoms with Crippen molar-refractivity contribution in [2.45, 2.75) is 0 Å². The second-order valence-corrected chi connectivity index (χ2v) is 30.3. The molecule has 0 aromatic rings. The molecule has 0 radical (unpaired) electrons. The molecule has 0 aliphatic heterocycles. The molecule has 0 rings (SSSR count). The Hall–Kier alpha value is -1.36. The van der Waals surface area contributed by atoms with Gasteiger partial charge in [-0.3, -0.25) is 29.4 Å². The summed E-state index contributed by atoms with van der Waals surface area (Å²) >= 11 is 0. The molecular weight excluding hydrogens is 1490 g/mol. The molecule has 0 amide bonds. The first-order valence-corrected chi connectivity index (χ1v) is 43.0. The van der Waals surface area contributed by atoms with Gasteiger partial charge in [-0.1, -0.05) is 0 Å². The van der Waals surface area contributed by atoms with E-state index in [9.17, 15) is 0 Å². The second-order valence-electron chi connectivity index (χ2n) is 30.3. The third-order valence-electron chi connectivity index (χ3n) is 18.1. The highest BCUT2D eigenvalue weighted by Crippen LogP contribution is 2.04. The van der Waals surface area contributed by atoms with Crippen LogP contribution in [-0.2, 0) is 90.0 Å². The van der Waals surface area contributed by atoms with E-state index in [-0.39, 0.29) is 6.61 Å². The lowest BCUT2D eigenvalue weighted by molar-refractivity contribution is -0.0313. The monoisotopic (exact) mass is 1670 g/mol. The van der Waals surface area contributed by atoms with Crippen LogP contribution in [0, 0.1) is 0 Å². The molecule has 0 aromatic heterocycles. The summed E-state index contributed by atoms with van der Waals surface area (Å²) in [6, 6.07) is 0. The van der Waals surface area contributed by atoms with Gasteiger partial charge in [0.05, 0.1) is 258 Å².